The number of hydrogen-bond donors (Lipinski definition) is 0. The van der Waals surface area contributed by atoms with E-state index in [1.54, 1.807) is 11.8 Å². The van der Waals surface area contributed by atoms with Gasteiger partial charge in [0.1, 0.15) is 11.9 Å². The number of hydrogen-bond acceptors (Lipinski definition) is 4. The number of methoxy groups -OCH3 is 1. The van der Waals surface area contributed by atoms with Crippen LogP contribution in [0.25, 0.3) is 0 Å². The predicted molar refractivity (Wildman–Crippen MR) is 67.4 cm³/mol. The zero-order chi connectivity index (χ0) is 13.2. The van der Waals surface area contributed by atoms with Gasteiger partial charge in [-0.15, -0.1) is 0 Å². The summed E-state index contributed by atoms with van der Waals surface area (Å²) >= 11 is 0. The maximum atomic E-state index is 12.7. The minimum Gasteiger partial charge on any atom is -0.370 e. The van der Waals surface area contributed by atoms with Crippen LogP contribution >= 0.6 is 0 Å². The third-order valence-corrected chi connectivity index (χ3v) is 3.88. The summed E-state index contributed by atoms with van der Waals surface area (Å²) < 4.78 is 7.24. The van der Waals surface area contributed by atoms with Gasteiger partial charge in [-0.1, -0.05) is 13.3 Å². The number of rotatable bonds is 4. The van der Waals surface area contributed by atoms with Crippen LogP contribution in [0.5, 0.6) is 0 Å². The molecule has 0 spiro atoms. The molecule has 2 rings (SSSR count). The Morgan fingerprint density at radius 2 is 2.44 bits per heavy atom. The quantitative estimate of drug-likeness (QED) is 0.769. The van der Waals surface area contributed by atoms with Crippen LogP contribution in [0.4, 0.5) is 0 Å². The molecular formula is C13H21N3O2. The van der Waals surface area contributed by atoms with Crippen LogP contribution in [-0.4, -0.2) is 33.3 Å². The van der Waals surface area contributed by atoms with Crippen molar-refractivity contribution >= 4 is 5.78 Å². The van der Waals surface area contributed by atoms with Crippen LogP contribution in [0.1, 0.15) is 50.1 Å². The van der Waals surface area contributed by atoms with Gasteiger partial charge in [0.25, 0.3) is 0 Å². The minimum absolute atomic E-state index is 0.0177. The number of nitrogens with zero attached hydrogens (tertiary/aromatic N) is 3. The molecular weight excluding hydrogens is 230 g/mol. The molecule has 0 N–H and O–H groups in total. The molecule has 2 atom stereocenters. The van der Waals surface area contributed by atoms with Crippen molar-refractivity contribution in [1.29, 1.82) is 0 Å². The van der Waals surface area contributed by atoms with Crippen LogP contribution in [0.3, 0.4) is 0 Å². The Bertz CT molecular complexity index is 430. The molecule has 1 aliphatic rings. The zero-order valence-corrected chi connectivity index (χ0v) is 11.3. The van der Waals surface area contributed by atoms with Crippen molar-refractivity contribution in [3.8, 4) is 0 Å². The van der Waals surface area contributed by atoms with Crippen molar-refractivity contribution in [2.24, 2.45) is 5.92 Å². The van der Waals surface area contributed by atoms with Gasteiger partial charge in [-0.25, -0.2) is 9.67 Å². The average Bonchev–Trinajstić information content (AvgIpc) is 2.85. The van der Waals surface area contributed by atoms with Gasteiger partial charge in [-0.05, 0) is 32.1 Å². The normalized spacial score (nSPS) is 28.3. The summed E-state index contributed by atoms with van der Waals surface area (Å²) in [6.07, 6.45) is 5.19. The van der Waals surface area contributed by atoms with E-state index in [4.69, 9.17) is 4.74 Å². The monoisotopic (exact) mass is 251 g/mol. The van der Waals surface area contributed by atoms with E-state index in [1.807, 2.05) is 6.92 Å². The lowest BCUT2D eigenvalue weighted by Crippen LogP contribution is -2.45. The Hall–Kier alpha value is -1.23. The molecule has 1 aliphatic carbocycles. The number of ketones is 1. The third kappa shape index (κ3) is 2.19. The molecule has 1 fully saturated rings. The fourth-order valence-electron chi connectivity index (χ4n) is 2.86. The smallest absolute Gasteiger partial charge is 0.231 e. The van der Waals surface area contributed by atoms with Gasteiger partial charge >= 0.3 is 0 Å². The molecule has 1 saturated carbocycles. The van der Waals surface area contributed by atoms with Gasteiger partial charge in [0.05, 0.1) is 0 Å². The van der Waals surface area contributed by atoms with Crippen molar-refractivity contribution in [3.05, 3.63) is 12.2 Å². The number of ether oxygens (including phenoxy) is 1. The predicted octanol–water partition coefficient (Wildman–Crippen LogP) is 2.08. The molecule has 5 heteroatoms. The molecule has 1 aromatic heterocycles. The van der Waals surface area contributed by atoms with E-state index in [-0.39, 0.29) is 5.78 Å². The first-order chi connectivity index (χ1) is 8.63. The molecule has 0 amide bonds. The van der Waals surface area contributed by atoms with Gasteiger partial charge < -0.3 is 4.74 Å². The second kappa shape index (κ2) is 5.18. The molecule has 0 saturated heterocycles. The van der Waals surface area contributed by atoms with Crippen LogP contribution in [0.15, 0.2) is 6.33 Å². The lowest BCUT2D eigenvalue weighted by molar-refractivity contribution is -0.0312. The number of aromatic nitrogens is 3. The van der Waals surface area contributed by atoms with Crippen LogP contribution in [-0.2, 0) is 11.3 Å². The molecule has 1 heterocycles. The summed E-state index contributed by atoms with van der Waals surface area (Å²) in [7, 11) is 1.63. The number of carbonyl (C=O) groups is 1. The highest BCUT2D eigenvalue weighted by Gasteiger charge is 2.44. The van der Waals surface area contributed by atoms with Crippen molar-refractivity contribution < 1.29 is 9.53 Å². The van der Waals surface area contributed by atoms with E-state index in [2.05, 4.69) is 17.0 Å². The van der Waals surface area contributed by atoms with E-state index >= 15 is 0 Å². The summed E-state index contributed by atoms with van der Waals surface area (Å²) in [6.45, 7) is 4.77. The summed E-state index contributed by atoms with van der Waals surface area (Å²) in [4.78, 5) is 16.8. The summed E-state index contributed by atoms with van der Waals surface area (Å²) in [5, 5.41) is 4.06. The lowest BCUT2D eigenvalue weighted by atomic mass is 9.76. The van der Waals surface area contributed by atoms with Gasteiger partial charge in [-0.3, -0.25) is 4.79 Å². The van der Waals surface area contributed by atoms with Crippen LogP contribution in [0.2, 0.25) is 0 Å². The first kappa shape index (κ1) is 13.2. The maximum Gasteiger partial charge on any atom is 0.231 e. The Kier molecular flexibility index (Phi) is 3.80. The van der Waals surface area contributed by atoms with Crippen molar-refractivity contribution in [2.45, 2.75) is 51.7 Å². The van der Waals surface area contributed by atoms with Crippen LogP contribution < -0.4 is 0 Å². The zero-order valence-electron chi connectivity index (χ0n) is 11.3. The number of carbonyl (C=O) groups excluding carboxylic acids is 1. The van der Waals surface area contributed by atoms with Gasteiger partial charge in [0.15, 0.2) is 5.82 Å². The first-order valence-corrected chi connectivity index (χ1v) is 6.60. The SMILES string of the molecule is CCn1ncnc1C(=O)C1(OC)CCCC(C)C1. The summed E-state index contributed by atoms with van der Waals surface area (Å²) in [5.74, 6) is 0.921. The Morgan fingerprint density at radius 1 is 1.67 bits per heavy atom. The standard InChI is InChI=1S/C13H21N3O2/c1-4-16-12(14-9-15-16)11(17)13(18-3)7-5-6-10(2)8-13/h9-10H,4-8H2,1-3H3. The molecule has 2 unspecified atom stereocenters. The molecule has 1 aromatic rings. The highest BCUT2D eigenvalue weighted by molar-refractivity contribution is 5.99. The topological polar surface area (TPSA) is 57.0 Å². The molecule has 0 aromatic carbocycles. The van der Waals surface area contributed by atoms with E-state index in [0.717, 1.165) is 19.3 Å². The van der Waals surface area contributed by atoms with Crippen molar-refractivity contribution in [3.63, 3.8) is 0 Å². The largest absolute Gasteiger partial charge is 0.370 e. The molecule has 0 aliphatic heterocycles. The van der Waals surface area contributed by atoms with E-state index < -0.39 is 5.60 Å². The minimum atomic E-state index is -0.697. The maximum absolute atomic E-state index is 12.7. The van der Waals surface area contributed by atoms with E-state index in [9.17, 15) is 4.79 Å². The Labute approximate surface area is 108 Å². The molecule has 100 valence electrons. The molecule has 18 heavy (non-hydrogen) atoms. The second-order valence-electron chi connectivity index (χ2n) is 5.13. The summed E-state index contributed by atoms with van der Waals surface area (Å²) in [5.41, 5.74) is -0.697. The first-order valence-electron chi connectivity index (χ1n) is 6.60. The number of Topliss-reactive ketones (excluding diaryl/α,β-unsaturated/α-hetero) is 1. The lowest BCUT2D eigenvalue weighted by Gasteiger charge is -2.37. The molecule has 0 radical (unpaired) electrons. The van der Waals surface area contributed by atoms with Crippen LogP contribution in [0, 0.1) is 5.92 Å². The fraction of sp³-hybridized carbons (Fsp3) is 0.769. The summed E-state index contributed by atoms with van der Waals surface area (Å²) in [6, 6.07) is 0. The molecule has 0 bridgehead atoms. The fourth-order valence-corrected chi connectivity index (χ4v) is 2.86. The Morgan fingerprint density at radius 3 is 3.06 bits per heavy atom. The van der Waals surface area contributed by atoms with E-state index in [1.165, 1.54) is 12.7 Å². The van der Waals surface area contributed by atoms with Gasteiger partial charge in [-0.2, -0.15) is 5.10 Å². The average molecular weight is 251 g/mol. The highest BCUT2D eigenvalue weighted by Crippen LogP contribution is 2.36. The van der Waals surface area contributed by atoms with E-state index in [0.29, 0.717) is 18.3 Å². The van der Waals surface area contributed by atoms with Crippen molar-refractivity contribution in [2.75, 3.05) is 7.11 Å². The number of aryl methyl sites for hydroxylation is 1. The third-order valence-electron chi connectivity index (χ3n) is 3.88. The highest BCUT2D eigenvalue weighted by atomic mass is 16.5. The Balaban J connectivity index is 2.30. The van der Waals surface area contributed by atoms with Crippen molar-refractivity contribution in [1.82, 2.24) is 14.8 Å². The van der Waals surface area contributed by atoms with Gasteiger partial charge in [0, 0.05) is 13.7 Å². The second-order valence-corrected chi connectivity index (χ2v) is 5.13. The molecule has 5 nitrogen and oxygen atoms in total. The van der Waals surface area contributed by atoms with Gasteiger partial charge in [0.2, 0.25) is 5.78 Å².